The molecule has 1 atom stereocenters. The number of rotatable bonds is 5. The number of nitrogens with zero attached hydrogens (tertiary/aromatic N) is 1. The van der Waals surface area contributed by atoms with E-state index in [0.29, 0.717) is 0 Å². The van der Waals surface area contributed by atoms with E-state index in [2.05, 4.69) is 45.7 Å². The lowest BCUT2D eigenvalue weighted by atomic mass is 9.98. The van der Waals surface area contributed by atoms with Crippen LogP contribution in [0.25, 0.3) is 16.5 Å². The Labute approximate surface area is 165 Å². The van der Waals surface area contributed by atoms with Gasteiger partial charge in [-0.1, -0.05) is 24.3 Å². The lowest BCUT2D eigenvalue weighted by molar-refractivity contribution is -0.120. The predicted octanol–water partition coefficient (Wildman–Crippen LogP) is 4.29. The number of aromatic nitrogens is 1. The molecule has 5 nitrogen and oxygen atoms in total. The quantitative estimate of drug-likeness (QED) is 0.699. The Bertz CT molecular complexity index is 1000. The number of hydrogen-bond donors (Lipinski definition) is 2. The Hall–Kier alpha value is -3.05. The van der Waals surface area contributed by atoms with Crippen LogP contribution < -0.4 is 10.1 Å². The van der Waals surface area contributed by atoms with Gasteiger partial charge in [-0.3, -0.25) is 9.69 Å². The highest BCUT2D eigenvalue weighted by Crippen LogP contribution is 2.29. The highest BCUT2D eigenvalue weighted by Gasteiger charge is 2.24. The fraction of sp³-hybridized carbons (Fsp3) is 0.261. The van der Waals surface area contributed by atoms with Crippen molar-refractivity contribution in [2.45, 2.75) is 19.4 Å². The maximum atomic E-state index is 12.6. The average Bonchev–Trinajstić information content (AvgIpc) is 3.18. The van der Waals surface area contributed by atoms with Crippen molar-refractivity contribution in [3.05, 3.63) is 66.4 Å². The zero-order valence-corrected chi connectivity index (χ0v) is 16.2. The van der Waals surface area contributed by atoms with Crippen molar-refractivity contribution >= 4 is 28.1 Å². The number of ether oxygens (including phenoxy) is 1. The number of anilines is 1. The van der Waals surface area contributed by atoms with E-state index >= 15 is 0 Å². The monoisotopic (exact) mass is 375 g/mol. The Balaban J connectivity index is 1.41. The van der Waals surface area contributed by atoms with Gasteiger partial charge in [-0.25, -0.2) is 0 Å². The number of amides is 1. The van der Waals surface area contributed by atoms with Crippen molar-refractivity contribution in [1.29, 1.82) is 0 Å². The molecule has 3 aromatic rings. The Morgan fingerprint density at radius 3 is 2.68 bits per heavy atom. The molecule has 1 aliphatic rings. The Morgan fingerprint density at radius 2 is 1.96 bits per heavy atom. The van der Waals surface area contributed by atoms with Gasteiger partial charge in [0.15, 0.2) is 0 Å². The Morgan fingerprint density at radius 1 is 1.18 bits per heavy atom. The number of para-hydroxylation sites is 1. The number of carbonyl (C=O) groups excluding carboxylic acids is 1. The smallest absolute Gasteiger partial charge is 0.241 e. The van der Waals surface area contributed by atoms with Crippen molar-refractivity contribution in [1.82, 2.24) is 9.88 Å². The molecule has 1 aromatic heterocycles. The first kappa shape index (κ1) is 18.3. The molecule has 2 heterocycles. The minimum Gasteiger partial charge on any atom is -0.497 e. The van der Waals surface area contributed by atoms with Crippen LogP contribution in [0.4, 0.5) is 5.69 Å². The van der Waals surface area contributed by atoms with Crippen molar-refractivity contribution < 1.29 is 9.53 Å². The van der Waals surface area contributed by atoms with Crippen LogP contribution in [0.15, 0.2) is 60.8 Å². The van der Waals surface area contributed by atoms with Gasteiger partial charge < -0.3 is 15.0 Å². The van der Waals surface area contributed by atoms with Gasteiger partial charge in [-0.15, -0.1) is 0 Å². The number of hydrogen-bond acceptors (Lipinski definition) is 3. The van der Waals surface area contributed by atoms with Gasteiger partial charge in [-0.05, 0) is 49.2 Å². The normalized spacial score (nSPS) is 15.9. The molecule has 0 unspecified atom stereocenters. The van der Waals surface area contributed by atoms with E-state index in [4.69, 9.17) is 4.74 Å². The van der Waals surface area contributed by atoms with Crippen LogP contribution in [0.1, 0.15) is 18.9 Å². The maximum Gasteiger partial charge on any atom is 0.241 e. The van der Waals surface area contributed by atoms with E-state index in [-0.39, 0.29) is 11.9 Å². The number of H-pyrrole nitrogens is 1. The van der Waals surface area contributed by atoms with E-state index in [0.717, 1.165) is 36.5 Å². The third kappa shape index (κ3) is 3.66. The van der Waals surface area contributed by atoms with Gasteiger partial charge in [0, 0.05) is 41.4 Å². The van der Waals surface area contributed by atoms with E-state index in [9.17, 15) is 4.79 Å². The summed E-state index contributed by atoms with van der Waals surface area (Å²) in [5.41, 5.74) is 4.56. The van der Waals surface area contributed by atoms with E-state index < -0.39 is 0 Å². The van der Waals surface area contributed by atoms with Crippen LogP contribution in [0.5, 0.6) is 5.75 Å². The SMILES string of the molecule is COc1ccc(NC(=O)[C@H](C)N2CC=C(c3c[nH]c4ccccc34)CC2)cc1. The fourth-order valence-corrected chi connectivity index (χ4v) is 3.71. The van der Waals surface area contributed by atoms with Crippen LogP contribution in [0.2, 0.25) is 0 Å². The first-order chi connectivity index (χ1) is 13.7. The molecule has 1 amide bonds. The molecule has 5 heteroatoms. The highest BCUT2D eigenvalue weighted by molar-refractivity contribution is 5.95. The molecule has 2 aromatic carbocycles. The summed E-state index contributed by atoms with van der Waals surface area (Å²) in [5, 5.41) is 4.25. The molecule has 0 fully saturated rings. The van der Waals surface area contributed by atoms with Gasteiger partial charge >= 0.3 is 0 Å². The maximum absolute atomic E-state index is 12.6. The first-order valence-corrected chi connectivity index (χ1v) is 9.60. The summed E-state index contributed by atoms with van der Waals surface area (Å²) in [6, 6.07) is 15.6. The molecule has 0 radical (unpaired) electrons. The topological polar surface area (TPSA) is 57.4 Å². The lowest BCUT2D eigenvalue weighted by Crippen LogP contribution is -2.44. The average molecular weight is 375 g/mol. The minimum absolute atomic E-state index is 0.00844. The number of fused-ring (bicyclic) bond motifs is 1. The standard InChI is InChI=1S/C23H25N3O2/c1-16(23(27)25-18-7-9-19(28-2)10-8-18)26-13-11-17(12-14-26)21-15-24-22-6-4-3-5-20(21)22/h3-11,15-16,24H,12-14H2,1-2H3,(H,25,27)/t16-/m0/s1. The first-order valence-electron chi connectivity index (χ1n) is 9.60. The van der Waals surface area contributed by atoms with Gasteiger partial charge in [-0.2, -0.15) is 0 Å². The highest BCUT2D eigenvalue weighted by atomic mass is 16.5. The van der Waals surface area contributed by atoms with Gasteiger partial charge in [0.05, 0.1) is 13.2 Å². The van der Waals surface area contributed by atoms with Gasteiger partial charge in [0.2, 0.25) is 5.91 Å². The molecular formula is C23H25N3O2. The third-order valence-electron chi connectivity index (χ3n) is 5.46. The molecule has 0 spiro atoms. The summed E-state index contributed by atoms with van der Waals surface area (Å²) in [5.74, 6) is 0.783. The molecule has 0 aliphatic carbocycles. The molecule has 0 saturated carbocycles. The summed E-state index contributed by atoms with van der Waals surface area (Å²) >= 11 is 0. The van der Waals surface area contributed by atoms with Crippen LogP contribution in [0.3, 0.4) is 0 Å². The number of nitrogens with one attached hydrogen (secondary N) is 2. The second-order valence-electron chi connectivity index (χ2n) is 7.12. The lowest BCUT2D eigenvalue weighted by Gasteiger charge is -2.31. The second kappa shape index (κ2) is 7.90. The summed E-state index contributed by atoms with van der Waals surface area (Å²) in [6.07, 6.45) is 5.27. The fourth-order valence-electron chi connectivity index (χ4n) is 3.71. The molecule has 1 aliphatic heterocycles. The van der Waals surface area contributed by atoms with Crippen LogP contribution in [0, 0.1) is 0 Å². The summed E-state index contributed by atoms with van der Waals surface area (Å²) < 4.78 is 5.15. The minimum atomic E-state index is -0.192. The second-order valence-corrected chi connectivity index (χ2v) is 7.12. The Kier molecular flexibility index (Phi) is 5.17. The molecule has 28 heavy (non-hydrogen) atoms. The largest absolute Gasteiger partial charge is 0.497 e. The number of carbonyl (C=O) groups is 1. The number of methoxy groups -OCH3 is 1. The zero-order valence-electron chi connectivity index (χ0n) is 16.2. The molecule has 4 rings (SSSR count). The summed E-state index contributed by atoms with van der Waals surface area (Å²) in [6.45, 7) is 3.60. The van der Waals surface area contributed by atoms with Crippen molar-refractivity contribution in [2.75, 3.05) is 25.5 Å². The number of benzene rings is 2. The molecule has 0 saturated heterocycles. The molecule has 0 bridgehead atoms. The van der Waals surface area contributed by atoms with Gasteiger partial charge in [0.1, 0.15) is 5.75 Å². The van der Waals surface area contributed by atoms with Crippen LogP contribution in [-0.2, 0) is 4.79 Å². The zero-order chi connectivity index (χ0) is 19.5. The van der Waals surface area contributed by atoms with Crippen LogP contribution >= 0.6 is 0 Å². The van der Waals surface area contributed by atoms with E-state index in [1.54, 1.807) is 7.11 Å². The number of aromatic amines is 1. The van der Waals surface area contributed by atoms with Gasteiger partial charge in [0.25, 0.3) is 0 Å². The third-order valence-corrected chi connectivity index (χ3v) is 5.46. The van der Waals surface area contributed by atoms with E-state index in [1.807, 2.05) is 37.3 Å². The van der Waals surface area contributed by atoms with Crippen molar-refractivity contribution in [3.8, 4) is 5.75 Å². The van der Waals surface area contributed by atoms with Crippen molar-refractivity contribution in [3.63, 3.8) is 0 Å². The molecule has 2 N–H and O–H groups in total. The summed E-state index contributed by atoms with van der Waals surface area (Å²) in [4.78, 5) is 18.2. The molecule has 144 valence electrons. The summed E-state index contributed by atoms with van der Waals surface area (Å²) in [7, 11) is 1.63. The predicted molar refractivity (Wildman–Crippen MR) is 114 cm³/mol. The molecular weight excluding hydrogens is 350 g/mol. The van der Waals surface area contributed by atoms with E-state index in [1.165, 1.54) is 16.5 Å². The van der Waals surface area contributed by atoms with Crippen molar-refractivity contribution in [2.24, 2.45) is 0 Å². The van der Waals surface area contributed by atoms with Crippen LogP contribution in [-0.4, -0.2) is 42.0 Å².